The lowest BCUT2D eigenvalue weighted by Crippen LogP contribution is -2.24. The molecule has 0 aliphatic carbocycles. The number of para-hydroxylation sites is 1. The monoisotopic (exact) mass is 376 g/mol. The molecule has 0 saturated carbocycles. The van der Waals surface area contributed by atoms with E-state index in [-0.39, 0.29) is 22.4 Å². The quantitative estimate of drug-likeness (QED) is 0.568. The molecule has 1 aromatic heterocycles. The van der Waals surface area contributed by atoms with Crippen molar-refractivity contribution < 1.29 is 9.21 Å². The summed E-state index contributed by atoms with van der Waals surface area (Å²) in [5, 5.41) is 2.81. The van der Waals surface area contributed by atoms with Gasteiger partial charge in [-0.3, -0.25) is 4.79 Å². The van der Waals surface area contributed by atoms with E-state index in [1.165, 1.54) is 11.8 Å². The lowest BCUT2D eigenvalue weighted by molar-refractivity contribution is 0.102. The number of nitrogens with zero attached hydrogens (tertiary/aromatic N) is 1. The van der Waals surface area contributed by atoms with Crippen LogP contribution in [0.3, 0.4) is 0 Å². The number of anilines is 1. The molecule has 1 heterocycles. The van der Waals surface area contributed by atoms with Gasteiger partial charge in [-0.1, -0.05) is 65.0 Å². The molecular formula is C24H28N2O2. The molecule has 0 saturated heterocycles. The minimum atomic E-state index is -0.288. The number of carbonyl (C=O) groups excluding carboxylic acids is 1. The van der Waals surface area contributed by atoms with Crippen molar-refractivity contribution in [3.05, 3.63) is 72.1 Å². The number of aromatic nitrogens is 1. The molecule has 2 aromatic carbocycles. The summed E-state index contributed by atoms with van der Waals surface area (Å²) >= 11 is 0. The van der Waals surface area contributed by atoms with Gasteiger partial charge in [-0.05, 0) is 47.1 Å². The van der Waals surface area contributed by atoms with Gasteiger partial charge < -0.3 is 9.73 Å². The van der Waals surface area contributed by atoms with E-state index in [4.69, 9.17) is 4.42 Å². The SMILES string of the molecule is CC(C)(C)CC(C)(C)c1ccc(-c2nc(C(=O)Nc3ccccc3)co2)cc1. The maximum Gasteiger partial charge on any atom is 0.277 e. The average Bonchev–Trinajstić information content (AvgIpc) is 3.11. The summed E-state index contributed by atoms with van der Waals surface area (Å²) < 4.78 is 5.54. The molecule has 0 aliphatic heterocycles. The summed E-state index contributed by atoms with van der Waals surface area (Å²) in [6, 6.07) is 17.5. The molecule has 146 valence electrons. The van der Waals surface area contributed by atoms with Crippen molar-refractivity contribution in [3.8, 4) is 11.5 Å². The molecule has 0 fully saturated rings. The molecule has 4 heteroatoms. The third-order valence-corrected chi connectivity index (χ3v) is 4.65. The molecule has 0 aliphatic rings. The Kier molecular flexibility index (Phi) is 5.41. The Bertz CT molecular complexity index is 933. The molecule has 1 amide bonds. The highest BCUT2D eigenvalue weighted by molar-refractivity contribution is 6.02. The second kappa shape index (κ2) is 7.63. The number of oxazole rings is 1. The number of hydrogen-bond acceptors (Lipinski definition) is 3. The van der Waals surface area contributed by atoms with Gasteiger partial charge in [-0.15, -0.1) is 0 Å². The lowest BCUT2D eigenvalue weighted by atomic mass is 9.72. The standard InChI is InChI=1S/C24H28N2O2/c1-23(2,3)16-24(4,5)18-13-11-17(12-14-18)22-26-20(15-28-22)21(27)25-19-9-7-6-8-10-19/h6-15H,16H2,1-5H3,(H,25,27). The Morgan fingerprint density at radius 2 is 1.61 bits per heavy atom. The van der Waals surface area contributed by atoms with Gasteiger partial charge in [0.1, 0.15) is 6.26 Å². The molecule has 0 radical (unpaired) electrons. The zero-order chi connectivity index (χ0) is 20.4. The molecule has 3 aromatic rings. The van der Waals surface area contributed by atoms with E-state index in [0.29, 0.717) is 5.89 Å². The molecule has 1 N–H and O–H groups in total. The number of hydrogen-bond donors (Lipinski definition) is 1. The molecule has 0 bridgehead atoms. The molecule has 0 spiro atoms. The predicted octanol–water partition coefficient (Wildman–Crippen LogP) is 6.31. The highest BCUT2D eigenvalue weighted by atomic mass is 16.3. The van der Waals surface area contributed by atoms with Crippen LogP contribution >= 0.6 is 0 Å². The Hall–Kier alpha value is -2.88. The first-order chi connectivity index (χ1) is 13.1. The topological polar surface area (TPSA) is 55.1 Å². The average molecular weight is 377 g/mol. The summed E-state index contributed by atoms with van der Waals surface area (Å²) in [7, 11) is 0. The Labute approximate surface area is 167 Å². The van der Waals surface area contributed by atoms with E-state index in [0.717, 1.165) is 17.7 Å². The van der Waals surface area contributed by atoms with Crippen LogP contribution in [0.2, 0.25) is 0 Å². The first-order valence-electron chi connectivity index (χ1n) is 9.57. The fourth-order valence-corrected chi connectivity index (χ4v) is 3.72. The normalized spacial score (nSPS) is 12.0. The molecular weight excluding hydrogens is 348 g/mol. The van der Waals surface area contributed by atoms with E-state index in [2.05, 4.69) is 57.1 Å². The third-order valence-electron chi connectivity index (χ3n) is 4.65. The van der Waals surface area contributed by atoms with Crippen LogP contribution in [0.4, 0.5) is 5.69 Å². The second-order valence-electron chi connectivity index (χ2n) is 9.06. The van der Waals surface area contributed by atoms with Crippen LogP contribution in [0.15, 0.2) is 65.3 Å². The van der Waals surface area contributed by atoms with Crippen molar-refractivity contribution in [1.29, 1.82) is 0 Å². The van der Waals surface area contributed by atoms with E-state index in [1.807, 2.05) is 42.5 Å². The predicted molar refractivity (Wildman–Crippen MR) is 113 cm³/mol. The fraction of sp³-hybridized carbons (Fsp3) is 0.333. The van der Waals surface area contributed by atoms with Crippen molar-refractivity contribution >= 4 is 11.6 Å². The summed E-state index contributed by atoms with van der Waals surface area (Å²) in [6.07, 6.45) is 2.48. The highest BCUT2D eigenvalue weighted by Gasteiger charge is 2.27. The van der Waals surface area contributed by atoms with Crippen molar-refractivity contribution in [3.63, 3.8) is 0 Å². The van der Waals surface area contributed by atoms with Crippen molar-refractivity contribution in [2.24, 2.45) is 5.41 Å². The van der Waals surface area contributed by atoms with Gasteiger partial charge in [0.2, 0.25) is 5.89 Å². The first-order valence-corrected chi connectivity index (χ1v) is 9.57. The van der Waals surface area contributed by atoms with Crippen LogP contribution in [-0.2, 0) is 5.41 Å². The number of benzene rings is 2. The van der Waals surface area contributed by atoms with E-state index < -0.39 is 0 Å². The minimum absolute atomic E-state index is 0.0775. The highest BCUT2D eigenvalue weighted by Crippen LogP contribution is 2.36. The Morgan fingerprint density at radius 3 is 2.21 bits per heavy atom. The van der Waals surface area contributed by atoms with E-state index >= 15 is 0 Å². The van der Waals surface area contributed by atoms with Crippen LogP contribution in [0, 0.1) is 5.41 Å². The van der Waals surface area contributed by atoms with Gasteiger partial charge >= 0.3 is 0 Å². The van der Waals surface area contributed by atoms with Crippen molar-refractivity contribution in [2.75, 3.05) is 5.32 Å². The molecule has 3 rings (SSSR count). The van der Waals surface area contributed by atoms with Crippen LogP contribution in [0.1, 0.15) is 57.1 Å². The summed E-state index contributed by atoms with van der Waals surface area (Å²) in [4.78, 5) is 16.7. The van der Waals surface area contributed by atoms with Gasteiger partial charge in [0.25, 0.3) is 5.91 Å². The summed E-state index contributed by atoms with van der Waals surface area (Å²) in [6.45, 7) is 11.3. The van der Waals surface area contributed by atoms with Crippen LogP contribution < -0.4 is 5.32 Å². The molecule has 4 nitrogen and oxygen atoms in total. The van der Waals surface area contributed by atoms with Gasteiger partial charge in [-0.2, -0.15) is 0 Å². The second-order valence-corrected chi connectivity index (χ2v) is 9.06. The zero-order valence-electron chi connectivity index (χ0n) is 17.2. The lowest BCUT2D eigenvalue weighted by Gasteiger charge is -2.33. The number of nitrogens with one attached hydrogen (secondary N) is 1. The summed E-state index contributed by atoms with van der Waals surface area (Å²) in [5.74, 6) is 0.155. The molecule has 0 unspecified atom stereocenters. The van der Waals surface area contributed by atoms with Gasteiger partial charge in [0, 0.05) is 11.3 Å². The smallest absolute Gasteiger partial charge is 0.277 e. The fourth-order valence-electron chi connectivity index (χ4n) is 3.72. The maximum atomic E-state index is 12.3. The number of rotatable bonds is 5. The van der Waals surface area contributed by atoms with Gasteiger partial charge in [0.05, 0.1) is 0 Å². The van der Waals surface area contributed by atoms with Crippen LogP contribution in [0.25, 0.3) is 11.5 Å². The third kappa shape index (κ3) is 4.89. The van der Waals surface area contributed by atoms with Crippen LogP contribution in [0.5, 0.6) is 0 Å². The molecule has 0 atom stereocenters. The minimum Gasteiger partial charge on any atom is -0.444 e. The summed E-state index contributed by atoms with van der Waals surface area (Å²) in [5.41, 5.74) is 3.45. The number of carbonyl (C=O) groups is 1. The maximum absolute atomic E-state index is 12.3. The molecule has 28 heavy (non-hydrogen) atoms. The van der Waals surface area contributed by atoms with Crippen LogP contribution in [-0.4, -0.2) is 10.9 Å². The Balaban J connectivity index is 1.74. The Morgan fingerprint density at radius 1 is 0.964 bits per heavy atom. The van der Waals surface area contributed by atoms with E-state index in [1.54, 1.807) is 0 Å². The largest absolute Gasteiger partial charge is 0.444 e. The first kappa shape index (κ1) is 19.9. The van der Waals surface area contributed by atoms with Crippen molar-refractivity contribution in [2.45, 2.75) is 46.5 Å². The van der Waals surface area contributed by atoms with Crippen molar-refractivity contribution in [1.82, 2.24) is 4.98 Å². The van der Waals surface area contributed by atoms with Gasteiger partial charge in [-0.25, -0.2) is 4.98 Å². The van der Waals surface area contributed by atoms with Gasteiger partial charge in [0.15, 0.2) is 5.69 Å². The zero-order valence-corrected chi connectivity index (χ0v) is 17.2. The number of amides is 1. The van der Waals surface area contributed by atoms with E-state index in [9.17, 15) is 4.79 Å².